The average molecular weight is 391 g/mol. The summed E-state index contributed by atoms with van der Waals surface area (Å²) in [7, 11) is 0. The van der Waals surface area contributed by atoms with Crippen LogP contribution in [0.5, 0.6) is 0 Å². The highest BCUT2D eigenvalue weighted by atomic mass is 16.6. The monoisotopic (exact) mass is 391 g/mol. The summed E-state index contributed by atoms with van der Waals surface area (Å²) in [5.74, 6) is 0. The van der Waals surface area contributed by atoms with Crippen molar-refractivity contribution < 1.29 is 4.92 Å². The Kier molecular flexibility index (Phi) is 4.00. The van der Waals surface area contributed by atoms with Gasteiger partial charge in [-0.15, -0.1) is 0 Å². The smallest absolute Gasteiger partial charge is 0.301 e. The van der Waals surface area contributed by atoms with E-state index in [1.54, 1.807) is 0 Å². The third-order valence-electron chi connectivity index (χ3n) is 5.90. The fraction of sp³-hybridized carbons (Fsp3) is 0.0800. The van der Waals surface area contributed by atoms with Gasteiger partial charge in [-0.3, -0.25) is 10.1 Å². The summed E-state index contributed by atoms with van der Waals surface area (Å²) >= 11 is 0. The van der Waals surface area contributed by atoms with Crippen LogP contribution >= 0.6 is 0 Å². The number of anilines is 1. The molecule has 0 fully saturated rings. The number of nitrogens with two attached hydrogens (primary N) is 1. The van der Waals surface area contributed by atoms with E-state index in [0.29, 0.717) is 12.0 Å². The molecule has 0 radical (unpaired) electrons. The molecule has 0 bridgehead atoms. The molecular weight excluding hydrogens is 374 g/mol. The summed E-state index contributed by atoms with van der Waals surface area (Å²) in [5.41, 5.74) is 11.1. The molecule has 4 aromatic carbocycles. The molecule has 144 valence electrons. The fourth-order valence-corrected chi connectivity index (χ4v) is 4.63. The first-order valence-electron chi connectivity index (χ1n) is 9.71. The molecular formula is C25H17N3O2. The Labute approximate surface area is 173 Å². The topological polar surface area (TPSA) is 93.0 Å². The molecule has 30 heavy (non-hydrogen) atoms. The fourth-order valence-electron chi connectivity index (χ4n) is 4.63. The van der Waals surface area contributed by atoms with Crippen LogP contribution in [0, 0.1) is 21.4 Å². The summed E-state index contributed by atoms with van der Waals surface area (Å²) in [6.07, 6.45) is 1.37. The van der Waals surface area contributed by atoms with Crippen LogP contribution in [0.15, 0.2) is 66.7 Å². The Bertz CT molecular complexity index is 1390. The van der Waals surface area contributed by atoms with Crippen LogP contribution in [-0.4, -0.2) is 4.92 Å². The summed E-state index contributed by atoms with van der Waals surface area (Å²) in [6.45, 7) is 0. The van der Waals surface area contributed by atoms with Crippen LogP contribution in [0.25, 0.3) is 33.0 Å². The number of nitriles is 1. The summed E-state index contributed by atoms with van der Waals surface area (Å²) in [4.78, 5) is 11.7. The Hall–Kier alpha value is -4.17. The van der Waals surface area contributed by atoms with Crippen LogP contribution in [0.2, 0.25) is 0 Å². The Morgan fingerprint density at radius 1 is 0.900 bits per heavy atom. The van der Waals surface area contributed by atoms with E-state index >= 15 is 0 Å². The van der Waals surface area contributed by atoms with Gasteiger partial charge in [0.05, 0.1) is 16.1 Å². The third-order valence-corrected chi connectivity index (χ3v) is 5.90. The molecule has 1 aliphatic rings. The standard InChI is InChI=1S/C25H17N3O2/c26-14-21-22-18-10-4-2-7-16(18)12-13-20(22)23(25(24(21)27)28(29)30)19-11-5-8-15-6-1-3-9-17(15)19/h1-11H,12-13,27H2. The normalized spacial score (nSPS) is 12.1. The second-order valence-electron chi connectivity index (χ2n) is 7.42. The lowest BCUT2D eigenvalue weighted by atomic mass is 9.77. The molecule has 2 N–H and O–H groups in total. The van der Waals surface area contributed by atoms with Gasteiger partial charge in [0, 0.05) is 5.56 Å². The molecule has 0 amide bonds. The molecule has 0 atom stereocenters. The number of aryl methyl sites for hydroxylation is 1. The van der Waals surface area contributed by atoms with Gasteiger partial charge in [-0.05, 0) is 45.9 Å². The Balaban J connectivity index is 1.99. The van der Waals surface area contributed by atoms with Crippen molar-refractivity contribution in [3.05, 3.63) is 93.5 Å². The summed E-state index contributed by atoms with van der Waals surface area (Å²) in [6, 6.07) is 23.6. The molecule has 0 unspecified atom stereocenters. The van der Waals surface area contributed by atoms with E-state index in [0.717, 1.165) is 45.0 Å². The van der Waals surface area contributed by atoms with Crippen molar-refractivity contribution in [3.63, 3.8) is 0 Å². The largest absolute Gasteiger partial charge is 0.392 e. The number of nitro benzene ring substituents is 1. The van der Waals surface area contributed by atoms with Crippen molar-refractivity contribution in [1.29, 1.82) is 5.26 Å². The molecule has 0 aliphatic heterocycles. The van der Waals surface area contributed by atoms with Gasteiger partial charge >= 0.3 is 5.69 Å². The molecule has 5 heteroatoms. The van der Waals surface area contributed by atoms with Crippen LogP contribution in [0.3, 0.4) is 0 Å². The molecule has 5 rings (SSSR count). The van der Waals surface area contributed by atoms with Crippen LogP contribution < -0.4 is 5.73 Å². The van der Waals surface area contributed by atoms with Crippen molar-refractivity contribution >= 4 is 22.1 Å². The van der Waals surface area contributed by atoms with E-state index in [1.165, 1.54) is 0 Å². The maximum absolute atomic E-state index is 12.2. The number of nitro groups is 1. The SMILES string of the molecule is N#Cc1c(N)c([N+](=O)[O-])c(-c2cccc3ccccc23)c2c1-c1ccccc1CC2. The van der Waals surface area contributed by atoms with E-state index in [2.05, 4.69) is 6.07 Å². The zero-order valence-electron chi connectivity index (χ0n) is 16.1. The van der Waals surface area contributed by atoms with Gasteiger partial charge in [0.1, 0.15) is 11.8 Å². The van der Waals surface area contributed by atoms with E-state index in [4.69, 9.17) is 5.73 Å². The van der Waals surface area contributed by atoms with Gasteiger partial charge < -0.3 is 5.73 Å². The number of hydrogen-bond donors (Lipinski definition) is 1. The molecule has 0 aromatic heterocycles. The lowest BCUT2D eigenvalue weighted by molar-refractivity contribution is -0.383. The highest BCUT2D eigenvalue weighted by Gasteiger charge is 2.33. The Morgan fingerprint density at radius 2 is 1.60 bits per heavy atom. The van der Waals surface area contributed by atoms with E-state index in [1.807, 2.05) is 66.7 Å². The first-order valence-corrected chi connectivity index (χ1v) is 9.71. The number of nitrogens with zero attached hydrogens (tertiary/aromatic N) is 2. The highest BCUT2D eigenvalue weighted by Crippen LogP contribution is 2.50. The summed E-state index contributed by atoms with van der Waals surface area (Å²) in [5, 5.41) is 24.0. The van der Waals surface area contributed by atoms with Gasteiger partial charge in [0.2, 0.25) is 0 Å². The maximum Gasteiger partial charge on any atom is 0.301 e. The van der Waals surface area contributed by atoms with Gasteiger partial charge in [-0.25, -0.2) is 0 Å². The average Bonchev–Trinajstić information content (AvgIpc) is 2.77. The second-order valence-corrected chi connectivity index (χ2v) is 7.42. The number of rotatable bonds is 2. The minimum Gasteiger partial charge on any atom is -0.392 e. The quantitative estimate of drug-likeness (QED) is 0.272. The van der Waals surface area contributed by atoms with Crippen molar-refractivity contribution in [3.8, 4) is 28.3 Å². The first-order chi connectivity index (χ1) is 14.6. The lowest BCUT2D eigenvalue weighted by Gasteiger charge is -2.25. The predicted molar refractivity (Wildman–Crippen MR) is 118 cm³/mol. The molecule has 0 saturated carbocycles. The number of fused-ring (bicyclic) bond motifs is 4. The molecule has 0 spiro atoms. The number of nitrogen functional groups attached to an aromatic ring is 1. The predicted octanol–water partition coefficient (Wildman–Crippen LogP) is 5.63. The first kappa shape index (κ1) is 17.9. The molecule has 0 saturated heterocycles. The van der Waals surface area contributed by atoms with E-state index in [-0.39, 0.29) is 16.9 Å². The van der Waals surface area contributed by atoms with Crippen LogP contribution in [0.1, 0.15) is 16.7 Å². The van der Waals surface area contributed by atoms with Crippen molar-refractivity contribution in [2.45, 2.75) is 12.8 Å². The molecule has 4 aromatic rings. The minimum absolute atomic E-state index is 0.0686. The zero-order valence-corrected chi connectivity index (χ0v) is 16.1. The zero-order chi connectivity index (χ0) is 20.8. The summed E-state index contributed by atoms with van der Waals surface area (Å²) < 4.78 is 0. The minimum atomic E-state index is -0.450. The van der Waals surface area contributed by atoms with Crippen LogP contribution in [-0.2, 0) is 12.8 Å². The number of hydrogen-bond acceptors (Lipinski definition) is 4. The third kappa shape index (κ3) is 2.48. The van der Waals surface area contributed by atoms with Crippen LogP contribution in [0.4, 0.5) is 11.4 Å². The van der Waals surface area contributed by atoms with Gasteiger partial charge in [-0.2, -0.15) is 5.26 Å². The van der Waals surface area contributed by atoms with Gasteiger partial charge in [0.25, 0.3) is 0 Å². The lowest BCUT2D eigenvalue weighted by Crippen LogP contribution is -2.12. The molecule has 0 heterocycles. The van der Waals surface area contributed by atoms with Crippen molar-refractivity contribution in [2.75, 3.05) is 5.73 Å². The van der Waals surface area contributed by atoms with Gasteiger partial charge in [0.15, 0.2) is 0 Å². The van der Waals surface area contributed by atoms with Gasteiger partial charge in [-0.1, -0.05) is 66.7 Å². The maximum atomic E-state index is 12.2. The molecule has 5 nitrogen and oxygen atoms in total. The van der Waals surface area contributed by atoms with E-state index in [9.17, 15) is 15.4 Å². The number of benzene rings is 4. The molecule has 1 aliphatic carbocycles. The van der Waals surface area contributed by atoms with E-state index < -0.39 is 4.92 Å². The Morgan fingerprint density at radius 3 is 2.40 bits per heavy atom. The van der Waals surface area contributed by atoms with Crippen molar-refractivity contribution in [2.24, 2.45) is 0 Å². The second kappa shape index (κ2) is 6.71. The van der Waals surface area contributed by atoms with Crippen molar-refractivity contribution in [1.82, 2.24) is 0 Å². The highest BCUT2D eigenvalue weighted by molar-refractivity contribution is 6.05.